The smallest absolute Gasteiger partial charge is 0.310 e. The number of hydrogen-bond donors (Lipinski definition) is 1. The number of nitrogens with one attached hydrogen (secondary N) is 1. The molecule has 12 heteroatoms. The predicted molar refractivity (Wildman–Crippen MR) is 117 cm³/mol. The number of alkyl halides is 3. The summed E-state index contributed by atoms with van der Waals surface area (Å²) >= 11 is 0. The monoisotopic (exact) mass is 480 g/mol. The first kappa shape index (κ1) is 22.6. The first-order chi connectivity index (χ1) is 16.7. The maximum atomic E-state index is 13.0. The highest BCUT2D eigenvalue weighted by Gasteiger charge is 2.38. The van der Waals surface area contributed by atoms with Crippen LogP contribution in [0.2, 0.25) is 0 Å². The Kier molecular flexibility index (Phi) is 5.35. The number of nitriles is 1. The van der Waals surface area contributed by atoms with E-state index in [1.807, 2.05) is 19.1 Å². The molecule has 0 aliphatic heterocycles. The maximum absolute atomic E-state index is 13.0. The third-order valence-electron chi connectivity index (χ3n) is 6.38. The fourth-order valence-corrected chi connectivity index (χ4v) is 4.33. The van der Waals surface area contributed by atoms with Gasteiger partial charge in [-0.15, -0.1) is 0 Å². The quantitative estimate of drug-likeness (QED) is 0.471. The molecule has 0 saturated heterocycles. The van der Waals surface area contributed by atoms with E-state index in [2.05, 4.69) is 30.0 Å². The number of aromatic nitrogens is 7. The molecule has 0 spiro atoms. The molecular formula is C23H19F3N8O. The Labute approximate surface area is 196 Å². The van der Waals surface area contributed by atoms with Gasteiger partial charge in [-0.2, -0.15) is 23.5 Å². The Morgan fingerprint density at radius 1 is 1.17 bits per heavy atom. The van der Waals surface area contributed by atoms with Gasteiger partial charge in [0.15, 0.2) is 11.3 Å². The summed E-state index contributed by atoms with van der Waals surface area (Å²) in [4.78, 5) is 32.8. The summed E-state index contributed by atoms with van der Waals surface area (Å²) in [7, 11) is 0. The predicted octanol–water partition coefficient (Wildman–Crippen LogP) is 3.77. The molecule has 1 fully saturated rings. The van der Waals surface area contributed by atoms with Crippen molar-refractivity contribution in [1.82, 2.24) is 34.7 Å². The Morgan fingerprint density at radius 3 is 2.54 bits per heavy atom. The molecule has 4 aromatic heterocycles. The van der Waals surface area contributed by atoms with Gasteiger partial charge in [-0.25, -0.2) is 19.6 Å². The average molecular weight is 480 g/mol. The highest BCUT2D eigenvalue weighted by Crippen LogP contribution is 2.46. The van der Waals surface area contributed by atoms with Crippen LogP contribution in [0.25, 0.3) is 11.0 Å². The number of nitrogens with zero attached hydrogens (tertiary/aromatic N) is 7. The van der Waals surface area contributed by atoms with Gasteiger partial charge in [-0.1, -0.05) is 6.07 Å². The van der Waals surface area contributed by atoms with Crippen molar-refractivity contribution >= 4 is 11.0 Å². The fourth-order valence-electron chi connectivity index (χ4n) is 4.33. The van der Waals surface area contributed by atoms with E-state index in [-0.39, 0.29) is 28.6 Å². The molecule has 0 bridgehead atoms. The number of pyridine rings is 1. The van der Waals surface area contributed by atoms with Crippen molar-refractivity contribution in [1.29, 1.82) is 5.26 Å². The summed E-state index contributed by atoms with van der Waals surface area (Å²) in [6.45, 7) is 3.57. The third kappa shape index (κ3) is 3.92. The first-order valence-electron chi connectivity index (χ1n) is 10.9. The number of aromatic amines is 1. The second-order valence-electron chi connectivity index (χ2n) is 8.55. The molecule has 1 saturated carbocycles. The zero-order valence-electron chi connectivity index (χ0n) is 18.7. The first-order valence-corrected chi connectivity index (χ1v) is 10.9. The highest BCUT2D eigenvalue weighted by atomic mass is 19.4. The van der Waals surface area contributed by atoms with E-state index in [0.29, 0.717) is 17.2 Å². The Hall–Kier alpha value is -4.14. The van der Waals surface area contributed by atoms with Crippen molar-refractivity contribution < 1.29 is 13.2 Å². The molecule has 0 amide bonds. The van der Waals surface area contributed by atoms with Crippen molar-refractivity contribution in [2.75, 3.05) is 0 Å². The minimum atomic E-state index is -4.56. The topological polar surface area (TPSA) is 126 Å². The van der Waals surface area contributed by atoms with Crippen LogP contribution in [-0.2, 0) is 6.18 Å². The van der Waals surface area contributed by atoms with Gasteiger partial charge in [0.25, 0.3) is 5.56 Å². The Morgan fingerprint density at radius 2 is 1.94 bits per heavy atom. The summed E-state index contributed by atoms with van der Waals surface area (Å²) in [6, 6.07) is 5.27. The second-order valence-corrected chi connectivity index (χ2v) is 8.55. The molecule has 35 heavy (non-hydrogen) atoms. The van der Waals surface area contributed by atoms with Gasteiger partial charge in [-0.05, 0) is 44.4 Å². The molecule has 1 aliphatic carbocycles. The van der Waals surface area contributed by atoms with Crippen molar-refractivity contribution in [2.45, 2.75) is 50.7 Å². The highest BCUT2D eigenvalue weighted by molar-refractivity contribution is 5.80. The molecular weight excluding hydrogens is 461 g/mol. The lowest BCUT2D eigenvalue weighted by atomic mass is 9.72. The lowest BCUT2D eigenvalue weighted by Gasteiger charge is -2.34. The zero-order chi connectivity index (χ0) is 24.9. The lowest BCUT2D eigenvalue weighted by Crippen LogP contribution is -2.28. The molecule has 9 nitrogen and oxygen atoms in total. The van der Waals surface area contributed by atoms with E-state index in [4.69, 9.17) is 0 Å². The van der Waals surface area contributed by atoms with Crippen LogP contribution < -0.4 is 5.56 Å². The minimum Gasteiger partial charge on any atom is -0.310 e. The largest absolute Gasteiger partial charge is 0.433 e. The molecule has 5 rings (SSSR count). The molecule has 0 radical (unpaired) electrons. The molecule has 4 heterocycles. The normalized spacial score (nSPS) is 18.7. The van der Waals surface area contributed by atoms with Gasteiger partial charge in [0, 0.05) is 29.9 Å². The Bertz CT molecular complexity index is 1520. The molecule has 0 aromatic carbocycles. The standard InChI is InChI=1S/C23H19F3N8O/c1-11-7-8-28-19(30-11)14-4-5-15(14)20-31-21-18(22(35)32-20)16(9-27)33-34(21)12(2)13-3-6-17(29-10-13)23(24,25)26/h3,6-8,10,12,14-15H,4-5H2,1-2H3,(H,31,32,35)/t12-,14+,15+/m0/s1. The molecule has 0 unspecified atom stereocenters. The number of H-pyrrole nitrogens is 1. The zero-order valence-corrected chi connectivity index (χ0v) is 18.7. The van der Waals surface area contributed by atoms with E-state index in [1.54, 1.807) is 13.1 Å². The van der Waals surface area contributed by atoms with Crippen LogP contribution in [0.4, 0.5) is 13.2 Å². The summed E-state index contributed by atoms with van der Waals surface area (Å²) in [5, 5.41) is 13.8. The molecule has 178 valence electrons. The van der Waals surface area contributed by atoms with Crippen LogP contribution in [0.5, 0.6) is 0 Å². The third-order valence-corrected chi connectivity index (χ3v) is 6.38. The van der Waals surface area contributed by atoms with Gasteiger partial charge in [-0.3, -0.25) is 9.78 Å². The lowest BCUT2D eigenvalue weighted by molar-refractivity contribution is -0.141. The van der Waals surface area contributed by atoms with Gasteiger partial charge >= 0.3 is 6.18 Å². The Balaban J connectivity index is 1.57. The van der Waals surface area contributed by atoms with Gasteiger partial charge in [0.2, 0.25) is 0 Å². The van der Waals surface area contributed by atoms with E-state index >= 15 is 0 Å². The molecule has 4 aromatic rings. The maximum Gasteiger partial charge on any atom is 0.433 e. The van der Waals surface area contributed by atoms with Crippen molar-refractivity contribution in [3.8, 4) is 6.07 Å². The van der Waals surface area contributed by atoms with Crippen LogP contribution in [0.3, 0.4) is 0 Å². The summed E-state index contributed by atoms with van der Waals surface area (Å²) in [5.41, 5.74) is -0.176. The van der Waals surface area contributed by atoms with Crippen LogP contribution >= 0.6 is 0 Å². The van der Waals surface area contributed by atoms with Gasteiger partial charge in [0.05, 0.1) is 6.04 Å². The van der Waals surface area contributed by atoms with Crippen LogP contribution in [0, 0.1) is 18.3 Å². The second kappa shape index (κ2) is 8.26. The van der Waals surface area contributed by atoms with Crippen molar-refractivity contribution in [3.05, 3.63) is 75.2 Å². The number of halogens is 3. The van der Waals surface area contributed by atoms with Crippen LogP contribution in [0.1, 0.15) is 71.9 Å². The van der Waals surface area contributed by atoms with E-state index in [1.165, 1.54) is 10.7 Å². The average Bonchev–Trinajstić information content (AvgIpc) is 3.17. The van der Waals surface area contributed by atoms with Crippen molar-refractivity contribution in [3.63, 3.8) is 0 Å². The number of aryl methyl sites for hydroxylation is 1. The SMILES string of the molecule is Cc1ccnc([C@@H]2CC[C@H]2c2nc3c(c(C#N)nn3[C@@H](C)c3ccc(C(F)(F)F)nc3)c(=O)[nH]2)n1. The summed E-state index contributed by atoms with van der Waals surface area (Å²) < 4.78 is 40.1. The summed E-state index contributed by atoms with van der Waals surface area (Å²) in [6.07, 6.45) is -0.142. The number of hydrogen-bond acceptors (Lipinski definition) is 7. The van der Waals surface area contributed by atoms with Gasteiger partial charge < -0.3 is 4.98 Å². The molecule has 1 aliphatic rings. The van der Waals surface area contributed by atoms with E-state index in [9.17, 15) is 23.2 Å². The van der Waals surface area contributed by atoms with Crippen LogP contribution in [-0.4, -0.2) is 34.7 Å². The van der Waals surface area contributed by atoms with E-state index in [0.717, 1.165) is 30.8 Å². The fraction of sp³-hybridized carbons (Fsp3) is 0.348. The summed E-state index contributed by atoms with van der Waals surface area (Å²) in [5.74, 6) is 0.983. The molecule has 1 N–H and O–H groups in total. The van der Waals surface area contributed by atoms with E-state index < -0.39 is 23.5 Å². The minimum absolute atomic E-state index is 0.0150. The molecule has 3 atom stereocenters. The number of rotatable bonds is 4. The number of fused-ring (bicyclic) bond motifs is 1. The van der Waals surface area contributed by atoms with Gasteiger partial charge in [0.1, 0.15) is 28.8 Å². The van der Waals surface area contributed by atoms with Crippen molar-refractivity contribution in [2.24, 2.45) is 0 Å². The van der Waals surface area contributed by atoms with Crippen LogP contribution in [0.15, 0.2) is 35.4 Å².